The number of carbonyl (C=O) groups is 1. The Morgan fingerprint density at radius 1 is 0.794 bits per heavy atom. The number of anilines is 3. The van der Waals surface area contributed by atoms with Crippen molar-refractivity contribution in [3.63, 3.8) is 0 Å². The van der Waals surface area contributed by atoms with E-state index in [1.54, 1.807) is 11.0 Å². The number of para-hydroxylation sites is 4. The van der Waals surface area contributed by atoms with Crippen LogP contribution in [0, 0.1) is 0 Å². The Balaban J connectivity index is 1.46. The molecule has 3 aromatic rings. The van der Waals surface area contributed by atoms with Crippen LogP contribution in [0.3, 0.4) is 0 Å². The average Bonchev–Trinajstić information content (AvgIpc) is 3.36. The Labute approximate surface area is 204 Å². The van der Waals surface area contributed by atoms with Gasteiger partial charge in [-0.1, -0.05) is 60.7 Å². The molecule has 5 nitrogen and oxygen atoms in total. The molecule has 0 saturated carbocycles. The monoisotopic (exact) mass is 465 g/mol. The smallest absolute Gasteiger partial charge is 0.281 e. The van der Waals surface area contributed by atoms with Crippen molar-refractivity contribution in [1.29, 1.82) is 0 Å². The first-order valence-corrected chi connectivity index (χ1v) is 11.5. The molecule has 0 radical (unpaired) electrons. The van der Waals surface area contributed by atoms with Gasteiger partial charge in [-0.05, 0) is 67.7 Å². The maximum atomic E-state index is 13.4. The first-order valence-electron chi connectivity index (χ1n) is 11.1. The van der Waals surface area contributed by atoms with Gasteiger partial charge < -0.3 is 9.64 Å². The second kappa shape index (κ2) is 9.37. The van der Waals surface area contributed by atoms with E-state index in [0.29, 0.717) is 10.8 Å². The molecule has 1 amide bonds. The van der Waals surface area contributed by atoms with Crippen LogP contribution < -0.4 is 19.4 Å². The molecular formula is C28H23N3O2S. The van der Waals surface area contributed by atoms with E-state index in [0.717, 1.165) is 35.2 Å². The number of hydrogen-bond acceptors (Lipinski definition) is 4. The molecule has 2 aliphatic heterocycles. The van der Waals surface area contributed by atoms with Crippen molar-refractivity contribution in [1.82, 2.24) is 0 Å². The van der Waals surface area contributed by atoms with Crippen molar-refractivity contribution in [2.45, 2.75) is 6.92 Å². The number of amides is 1. The lowest BCUT2D eigenvalue weighted by atomic mass is 10.2. The molecular weight excluding hydrogens is 442 g/mol. The number of hydrogen-bond donors (Lipinski definition) is 0. The minimum absolute atomic E-state index is 0.169. The first-order chi connectivity index (χ1) is 16.7. The number of ether oxygens (including phenoxy) is 1. The molecule has 0 atom stereocenters. The van der Waals surface area contributed by atoms with Gasteiger partial charge in [0.15, 0.2) is 10.9 Å². The van der Waals surface area contributed by atoms with E-state index in [2.05, 4.69) is 11.8 Å². The highest BCUT2D eigenvalue weighted by molar-refractivity contribution is 7.81. The topological polar surface area (TPSA) is 36.0 Å². The van der Waals surface area contributed by atoms with Crippen LogP contribution >= 0.6 is 12.2 Å². The SMILES string of the molecule is CCN1C(=CC=CC=C2C(=O)N(c3ccccc3)C(=S)N2c2ccccc2)Oc2ccccc21. The van der Waals surface area contributed by atoms with Crippen molar-refractivity contribution in [2.24, 2.45) is 0 Å². The number of rotatable bonds is 5. The molecule has 0 spiro atoms. The summed E-state index contributed by atoms with van der Waals surface area (Å²) in [5.41, 5.74) is 3.11. The predicted octanol–water partition coefficient (Wildman–Crippen LogP) is 6.03. The minimum Gasteiger partial charge on any atom is -0.439 e. The Bertz CT molecular complexity index is 1320. The summed E-state index contributed by atoms with van der Waals surface area (Å²) in [4.78, 5) is 18.9. The van der Waals surface area contributed by atoms with Gasteiger partial charge in [0.05, 0.1) is 11.4 Å². The van der Waals surface area contributed by atoms with E-state index in [4.69, 9.17) is 17.0 Å². The number of carbonyl (C=O) groups excluding carboxylic acids is 1. The van der Waals surface area contributed by atoms with Crippen molar-refractivity contribution >= 4 is 40.3 Å². The summed E-state index contributed by atoms with van der Waals surface area (Å²) >= 11 is 5.75. The maximum absolute atomic E-state index is 13.4. The zero-order valence-corrected chi connectivity index (χ0v) is 19.5. The van der Waals surface area contributed by atoms with Gasteiger partial charge in [-0.2, -0.15) is 0 Å². The first kappa shape index (κ1) is 21.7. The lowest BCUT2D eigenvalue weighted by Gasteiger charge is -2.20. The summed E-state index contributed by atoms with van der Waals surface area (Å²) < 4.78 is 5.99. The van der Waals surface area contributed by atoms with Crippen LogP contribution in [0.1, 0.15) is 6.92 Å². The summed E-state index contributed by atoms with van der Waals surface area (Å²) in [6, 6.07) is 27.1. The van der Waals surface area contributed by atoms with Crippen molar-refractivity contribution < 1.29 is 9.53 Å². The van der Waals surface area contributed by atoms with Gasteiger partial charge >= 0.3 is 0 Å². The van der Waals surface area contributed by atoms with E-state index in [1.165, 1.54) is 0 Å². The minimum atomic E-state index is -0.169. The molecule has 1 saturated heterocycles. The van der Waals surface area contributed by atoms with E-state index in [9.17, 15) is 4.79 Å². The van der Waals surface area contributed by atoms with Crippen LogP contribution in [0.15, 0.2) is 121 Å². The van der Waals surface area contributed by atoms with Gasteiger partial charge in [0.25, 0.3) is 5.91 Å². The van der Waals surface area contributed by atoms with Crippen molar-refractivity contribution in [2.75, 3.05) is 21.2 Å². The number of thiocarbonyl (C=S) groups is 1. The zero-order chi connectivity index (χ0) is 23.5. The fraction of sp³-hybridized carbons (Fsp3) is 0.0714. The Morgan fingerprint density at radius 3 is 2.06 bits per heavy atom. The maximum Gasteiger partial charge on any atom is 0.281 e. The summed E-state index contributed by atoms with van der Waals surface area (Å²) in [5.74, 6) is 1.42. The van der Waals surface area contributed by atoms with Crippen LogP contribution in [0.4, 0.5) is 17.1 Å². The van der Waals surface area contributed by atoms with Crippen molar-refractivity contribution in [3.8, 4) is 5.75 Å². The predicted molar refractivity (Wildman–Crippen MR) is 141 cm³/mol. The highest BCUT2D eigenvalue weighted by atomic mass is 32.1. The highest BCUT2D eigenvalue weighted by Crippen LogP contribution is 2.38. The van der Waals surface area contributed by atoms with Gasteiger partial charge in [-0.3, -0.25) is 14.6 Å². The van der Waals surface area contributed by atoms with Gasteiger partial charge in [0.2, 0.25) is 5.88 Å². The van der Waals surface area contributed by atoms with Crippen LogP contribution in [-0.2, 0) is 4.79 Å². The van der Waals surface area contributed by atoms with Gasteiger partial charge in [0, 0.05) is 12.2 Å². The molecule has 0 aliphatic carbocycles. The van der Waals surface area contributed by atoms with E-state index < -0.39 is 0 Å². The third-order valence-corrected chi connectivity index (χ3v) is 6.00. The summed E-state index contributed by atoms with van der Waals surface area (Å²) in [6.45, 7) is 2.87. The molecule has 0 aromatic heterocycles. The molecule has 2 heterocycles. The van der Waals surface area contributed by atoms with E-state index in [1.807, 2.05) is 108 Å². The lowest BCUT2D eigenvalue weighted by Crippen LogP contribution is -2.32. The Morgan fingerprint density at radius 2 is 1.38 bits per heavy atom. The summed E-state index contributed by atoms with van der Waals surface area (Å²) in [5, 5.41) is 0.423. The lowest BCUT2D eigenvalue weighted by molar-refractivity contribution is -0.113. The fourth-order valence-electron chi connectivity index (χ4n) is 4.06. The van der Waals surface area contributed by atoms with Gasteiger partial charge in [-0.25, -0.2) is 0 Å². The second-order valence-corrected chi connectivity index (χ2v) is 8.05. The number of nitrogens with zero attached hydrogens (tertiary/aromatic N) is 3. The highest BCUT2D eigenvalue weighted by Gasteiger charge is 2.39. The molecule has 3 aromatic carbocycles. The van der Waals surface area contributed by atoms with Crippen molar-refractivity contribution in [3.05, 3.63) is 121 Å². The third-order valence-electron chi connectivity index (χ3n) is 5.63. The molecule has 168 valence electrons. The van der Waals surface area contributed by atoms with Crippen LogP contribution in [0.25, 0.3) is 0 Å². The fourth-order valence-corrected chi connectivity index (χ4v) is 4.46. The standard InChI is InChI=1S/C28H23N3O2S/c1-2-29-23-17-9-11-19-25(23)33-26(29)20-12-10-18-24-27(32)31(22-15-7-4-8-16-22)28(34)30(24)21-13-5-3-6-14-21/h3-20H,2H2,1H3. The Kier molecular flexibility index (Phi) is 5.97. The van der Waals surface area contributed by atoms with Gasteiger partial charge in [-0.15, -0.1) is 0 Å². The molecule has 0 unspecified atom stereocenters. The largest absolute Gasteiger partial charge is 0.439 e. The third kappa shape index (κ3) is 3.89. The van der Waals surface area contributed by atoms with Gasteiger partial charge in [0.1, 0.15) is 5.70 Å². The summed E-state index contributed by atoms with van der Waals surface area (Å²) in [6.07, 6.45) is 7.41. The molecule has 6 heteroatoms. The molecule has 34 heavy (non-hydrogen) atoms. The molecule has 0 N–H and O–H groups in total. The molecule has 0 bridgehead atoms. The van der Waals surface area contributed by atoms with Crippen LogP contribution in [0.2, 0.25) is 0 Å². The van der Waals surface area contributed by atoms with Crippen LogP contribution in [0.5, 0.6) is 5.75 Å². The number of fused-ring (bicyclic) bond motifs is 1. The number of allylic oxidation sites excluding steroid dienone is 4. The summed E-state index contributed by atoms with van der Waals surface area (Å²) in [7, 11) is 0. The quantitative estimate of drug-likeness (QED) is 0.340. The van der Waals surface area contributed by atoms with Crippen LogP contribution in [-0.4, -0.2) is 17.6 Å². The zero-order valence-electron chi connectivity index (χ0n) is 18.7. The van der Waals surface area contributed by atoms with E-state index >= 15 is 0 Å². The normalized spacial score (nSPS) is 17.9. The molecule has 5 rings (SSSR count). The Hall–Kier alpha value is -4.16. The number of benzene rings is 3. The van der Waals surface area contributed by atoms with E-state index in [-0.39, 0.29) is 5.91 Å². The average molecular weight is 466 g/mol. The second-order valence-electron chi connectivity index (χ2n) is 7.69. The molecule has 1 fully saturated rings. The molecule has 2 aliphatic rings.